The normalized spacial score (nSPS) is 13.0. The van der Waals surface area contributed by atoms with Crippen molar-refractivity contribution in [2.24, 2.45) is 0 Å². The van der Waals surface area contributed by atoms with E-state index in [-0.39, 0.29) is 23.1 Å². The summed E-state index contributed by atoms with van der Waals surface area (Å²) in [6.07, 6.45) is 2.95. The number of phenols is 1. The van der Waals surface area contributed by atoms with Crippen LogP contribution in [0.4, 0.5) is 5.82 Å². The van der Waals surface area contributed by atoms with Gasteiger partial charge in [0.1, 0.15) is 5.75 Å². The second-order valence-electron chi connectivity index (χ2n) is 4.84. The van der Waals surface area contributed by atoms with Crippen LogP contribution in [-0.4, -0.2) is 22.2 Å². The first-order chi connectivity index (χ1) is 11.4. The Balaban J connectivity index is 2.15. The fourth-order valence-corrected chi connectivity index (χ4v) is 2.53. The van der Waals surface area contributed by atoms with Crippen molar-refractivity contribution >= 4 is 13.4 Å². The number of rotatable bonds is 7. The first-order valence-electron chi connectivity index (χ1n) is 6.90. The van der Waals surface area contributed by atoms with Crippen molar-refractivity contribution in [1.82, 2.24) is 9.97 Å². The van der Waals surface area contributed by atoms with Gasteiger partial charge in [-0.1, -0.05) is 6.58 Å². The van der Waals surface area contributed by atoms with Crippen LogP contribution < -0.4 is 14.7 Å². The third kappa shape index (κ3) is 4.24. The van der Waals surface area contributed by atoms with Crippen LogP contribution in [0.25, 0.3) is 0 Å². The predicted molar refractivity (Wildman–Crippen MR) is 89.3 cm³/mol. The standard InChI is InChI=1S/C15H18N3O5P/c1-5-24(20,23-18-14-9-16-11(3)8-17-14)22-12-6-10(2)15(19)13(7-12)21-4/h5-9,19H,1H2,2-4H3,(H,17,18). The molecule has 1 aromatic carbocycles. The number of aryl methyl sites for hydroxylation is 2. The molecule has 1 unspecified atom stereocenters. The summed E-state index contributed by atoms with van der Waals surface area (Å²) in [4.78, 5) is 8.04. The number of aromatic hydroxyl groups is 1. The lowest BCUT2D eigenvalue weighted by Gasteiger charge is -2.17. The highest BCUT2D eigenvalue weighted by atomic mass is 31.2. The van der Waals surface area contributed by atoms with Crippen LogP contribution in [0.5, 0.6) is 17.2 Å². The molecule has 1 atom stereocenters. The summed E-state index contributed by atoms with van der Waals surface area (Å²) in [5, 5.41) is 9.82. The van der Waals surface area contributed by atoms with E-state index in [0.29, 0.717) is 5.56 Å². The summed E-state index contributed by atoms with van der Waals surface area (Å²) < 4.78 is 28.1. The fourth-order valence-electron chi connectivity index (χ4n) is 1.72. The Labute approximate surface area is 139 Å². The van der Waals surface area contributed by atoms with Crippen molar-refractivity contribution in [3.63, 3.8) is 0 Å². The molecule has 0 spiro atoms. The molecule has 0 saturated carbocycles. The number of nitrogens with zero attached hydrogens (tertiary/aromatic N) is 2. The van der Waals surface area contributed by atoms with Gasteiger partial charge in [-0.25, -0.2) is 15.0 Å². The van der Waals surface area contributed by atoms with Crippen LogP contribution in [0.3, 0.4) is 0 Å². The topological polar surface area (TPSA) is 103 Å². The quantitative estimate of drug-likeness (QED) is 0.576. The molecule has 9 heteroatoms. The second-order valence-corrected chi connectivity index (χ2v) is 6.65. The van der Waals surface area contributed by atoms with Crippen LogP contribution >= 0.6 is 7.60 Å². The number of hydrogen-bond donors (Lipinski definition) is 2. The molecule has 0 fully saturated rings. The molecule has 0 amide bonds. The number of phenolic OH excluding ortho intramolecular Hbond substituents is 1. The molecule has 24 heavy (non-hydrogen) atoms. The maximum atomic E-state index is 12.6. The molecular formula is C15H18N3O5P. The predicted octanol–water partition coefficient (Wildman–Crippen LogP) is 3.57. The van der Waals surface area contributed by atoms with Gasteiger partial charge in [-0.15, -0.1) is 0 Å². The highest BCUT2D eigenvalue weighted by molar-refractivity contribution is 7.57. The zero-order valence-corrected chi connectivity index (χ0v) is 14.4. The third-order valence-corrected chi connectivity index (χ3v) is 4.23. The number of benzene rings is 1. The minimum Gasteiger partial charge on any atom is -0.504 e. The van der Waals surface area contributed by atoms with Gasteiger partial charge in [0.25, 0.3) is 0 Å². The summed E-state index contributed by atoms with van der Waals surface area (Å²) >= 11 is 0. The number of ether oxygens (including phenoxy) is 1. The Hall–Kier alpha value is -2.57. The Kier molecular flexibility index (Phi) is 5.43. The van der Waals surface area contributed by atoms with E-state index >= 15 is 0 Å². The minimum atomic E-state index is -3.72. The zero-order chi connectivity index (χ0) is 17.7. The lowest BCUT2D eigenvalue weighted by atomic mass is 10.2. The Morgan fingerprint density at radius 1 is 1.29 bits per heavy atom. The number of anilines is 1. The molecule has 128 valence electrons. The van der Waals surface area contributed by atoms with Crippen molar-refractivity contribution in [2.45, 2.75) is 13.8 Å². The van der Waals surface area contributed by atoms with Gasteiger partial charge in [-0.2, -0.15) is 4.62 Å². The van der Waals surface area contributed by atoms with E-state index in [1.54, 1.807) is 13.8 Å². The highest BCUT2D eigenvalue weighted by Crippen LogP contribution is 2.50. The van der Waals surface area contributed by atoms with E-state index in [1.807, 2.05) is 0 Å². The largest absolute Gasteiger partial charge is 0.504 e. The van der Waals surface area contributed by atoms with Crippen LogP contribution in [0.1, 0.15) is 11.3 Å². The number of aromatic nitrogens is 2. The molecule has 8 nitrogen and oxygen atoms in total. The van der Waals surface area contributed by atoms with E-state index in [0.717, 1.165) is 11.5 Å². The fraction of sp³-hybridized carbons (Fsp3) is 0.200. The van der Waals surface area contributed by atoms with Crippen molar-refractivity contribution in [2.75, 3.05) is 12.6 Å². The van der Waals surface area contributed by atoms with Gasteiger partial charge >= 0.3 is 7.60 Å². The van der Waals surface area contributed by atoms with Crippen LogP contribution in [0.2, 0.25) is 0 Å². The number of nitrogens with one attached hydrogen (secondary N) is 1. The van der Waals surface area contributed by atoms with Crippen molar-refractivity contribution in [3.8, 4) is 17.2 Å². The van der Waals surface area contributed by atoms with E-state index < -0.39 is 7.60 Å². The lowest BCUT2D eigenvalue weighted by molar-refractivity contribution is 0.324. The number of methoxy groups -OCH3 is 1. The van der Waals surface area contributed by atoms with E-state index in [4.69, 9.17) is 13.9 Å². The van der Waals surface area contributed by atoms with Crippen molar-refractivity contribution < 1.29 is 23.6 Å². The van der Waals surface area contributed by atoms with Gasteiger partial charge in [0.2, 0.25) is 0 Å². The Morgan fingerprint density at radius 3 is 2.62 bits per heavy atom. The van der Waals surface area contributed by atoms with Crippen LogP contribution in [-0.2, 0) is 9.19 Å². The maximum absolute atomic E-state index is 12.6. The van der Waals surface area contributed by atoms with E-state index in [1.165, 1.54) is 31.6 Å². The maximum Gasteiger partial charge on any atom is 0.424 e. The highest BCUT2D eigenvalue weighted by Gasteiger charge is 2.24. The first kappa shape index (κ1) is 17.8. The third-order valence-electron chi connectivity index (χ3n) is 2.97. The average molecular weight is 351 g/mol. The van der Waals surface area contributed by atoms with Gasteiger partial charge in [0.05, 0.1) is 25.2 Å². The summed E-state index contributed by atoms with van der Waals surface area (Å²) in [5.41, 5.74) is 3.65. The smallest absolute Gasteiger partial charge is 0.424 e. The van der Waals surface area contributed by atoms with Crippen molar-refractivity contribution in [1.29, 1.82) is 0 Å². The van der Waals surface area contributed by atoms with Gasteiger partial charge in [0, 0.05) is 11.9 Å². The SMILES string of the molecule is C=CP(=O)(ONc1cnc(C)cn1)Oc1cc(C)c(O)c(OC)c1. The van der Waals surface area contributed by atoms with Gasteiger partial charge in [0.15, 0.2) is 17.3 Å². The summed E-state index contributed by atoms with van der Waals surface area (Å²) in [5.74, 6) is 1.69. The van der Waals surface area contributed by atoms with E-state index in [2.05, 4.69) is 22.0 Å². The molecular weight excluding hydrogens is 333 g/mol. The molecule has 2 aromatic rings. The molecule has 1 heterocycles. The summed E-state index contributed by atoms with van der Waals surface area (Å²) in [6, 6.07) is 2.90. The second kappa shape index (κ2) is 7.33. The summed E-state index contributed by atoms with van der Waals surface area (Å²) in [7, 11) is -2.31. The number of hydrogen-bond acceptors (Lipinski definition) is 8. The average Bonchev–Trinajstić information content (AvgIpc) is 2.57. The Bertz CT molecular complexity index is 779. The van der Waals surface area contributed by atoms with Crippen molar-refractivity contribution in [3.05, 3.63) is 48.2 Å². The molecule has 2 N–H and O–H groups in total. The first-order valence-corrected chi connectivity index (χ1v) is 8.52. The van der Waals surface area contributed by atoms with Gasteiger partial charge < -0.3 is 14.4 Å². The molecule has 0 radical (unpaired) electrons. The summed E-state index contributed by atoms with van der Waals surface area (Å²) in [6.45, 7) is 6.91. The minimum absolute atomic E-state index is 0.0211. The van der Waals surface area contributed by atoms with Gasteiger partial charge in [-0.3, -0.25) is 4.98 Å². The van der Waals surface area contributed by atoms with Gasteiger partial charge in [-0.05, 0) is 25.5 Å². The molecule has 1 aromatic heterocycles. The molecule has 0 aliphatic heterocycles. The lowest BCUT2D eigenvalue weighted by Crippen LogP contribution is -2.05. The molecule has 0 aliphatic carbocycles. The molecule has 0 aliphatic rings. The van der Waals surface area contributed by atoms with Crippen LogP contribution in [0, 0.1) is 13.8 Å². The Morgan fingerprint density at radius 2 is 2.04 bits per heavy atom. The molecule has 0 saturated heterocycles. The van der Waals surface area contributed by atoms with E-state index in [9.17, 15) is 9.67 Å². The van der Waals surface area contributed by atoms with Crippen LogP contribution in [0.15, 0.2) is 36.9 Å². The monoisotopic (exact) mass is 351 g/mol. The molecule has 2 rings (SSSR count). The molecule has 0 bridgehead atoms. The zero-order valence-electron chi connectivity index (χ0n) is 13.5.